The molecule has 0 aliphatic carbocycles. The van der Waals surface area contributed by atoms with Crippen LogP contribution in [0, 0.1) is 17.6 Å². The Balaban J connectivity index is 1.62. The van der Waals surface area contributed by atoms with Crippen LogP contribution in [0.3, 0.4) is 0 Å². The van der Waals surface area contributed by atoms with Crippen molar-refractivity contribution in [1.29, 1.82) is 0 Å². The van der Waals surface area contributed by atoms with Crippen LogP contribution >= 0.6 is 23.2 Å². The standard InChI is InChI=1S/C21H18Cl2F2N2O3/c22-15-4-5-17(26-7-8-30-21(26)29)19(23)20(15)27-11-12(1-6-18(27)28)9-13-2-3-14(24)10-16(13)25/h2-5,10,12H,1,6-9,11H2. The molecule has 0 radical (unpaired) electrons. The number of halogens is 4. The molecule has 0 aromatic heterocycles. The minimum atomic E-state index is -0.632. The topological polar surface area (TPSA) is 49.9 Å². The largest absolute Gasteiger partial charge is 0.447 e. The average molecular weight is 455 g/mol. The molecule has 0 saturated carbocycles. The Bertz CT molecular complexity index is 1020. The first-order valence-electron chi connectivity index (χ1n) is 9.51. The van der Waals surface area contributed by atoms with Gasteiger partial charge in [0.05, 0.1) is 28.0 Å². The second kappa shape index (κ2) is 8.40. The third kappa shape index (κ3) is 3.96. The van der Waals surface area contributed by atoms with Gasteiger partial charge in [-0.1, -0.05) is 29.3 Å². The Hall–Kier alpha value is -2.38. The molecule has 158 valence electrons. The maximum atomic E-state index is 14.1. The first-order valence-corrected chi connectivity index (χ1v) is 10.3. The van der Waals surface area contributed by atoms with E-state index in [1.807, 2.05) is 0 Å². The van der Waals surface area contributed by atoms with Gasteiger partial charge in [0, 0.05) is 19.0 Å². The van der Waals surface area contributed by atoms with Gasteiger partial charge in [0.15, 0.2) is 0 Å². The normalized spacial score (nSPS) is 19.4. The van der Waals surface area contributed by atoms with Crippen molar-refractivity contribution >= 4 is 46.6 Å². The second-order valence-corrected chi connectivity index (χ2v) is 8.13. The van der Waals surface area contributed by atoms with E-state index in [0.29, 0.717) is 36.3 Å². The highest BCUT2D eigenvalue weighted by molar-refractivity contribution is 6.42. The monoisotopic (exact) mass is 454 g/mol. The summed E-state index contributed by atoms with van der Waals surface area (Å²) in [5.41, 5.74) is 1.13. The van der Waals surface area contributed by atoms with Gasteiger partial charge in [0.1, 0.15) is 18.2 Å². The summed E-state index contributed by atoms with van der Waals surface area (Å²) in [6, 6.07) is 6.69. The van der Waals surface area contributed by atoms with E-state index in [1.54, 1.807) is 12.1 Å². The lowest BCUT2D eigenvalue weighted by molar-refractivity contribution is -0.120. The zero-order chi connectivity index (χ0) is 21.4. The number of nitrogens with zero attached hydrogens (tertiary/aromatic N) is 2. The van der Waals surface area contributed by atoms with Gasteiger partial charge < -0.3 is 9.64 Å². The summed E-state index contributed by atoms with van der Waals surface area (Å²) in [4.78, 5) is 27.5. The minimum absolute atomic E-state index is 0.0600. The fourth-order valence-electron chi connectivity index (χ4n) is 3.89. The van der Waals surface area contributed by atoms with Crippen molar-refractivity contribution in [3.05, 3.63) is 57.6 Å². The third-order valence-electron chi connectivity index (χ3n) is 5.40. The fraction of sp³-hybridized carbons (Fsp3) is 0.333. The summed E-state index contributed by atoms with van der Waals surface area (Å²) in [5, 5.41) is 0.460. The number of piperidine rings is 1. The molecule has 1 unspecified atom stereocenters. The number of carbonyl (C=O) groups excluding carboxylic acids is 2. The molecular formula is C21H18Cl2F2N2O3. The number of ether oxygens (including phenoxy) is 1. The molecule has 0 bridgehead atoms. The summed E-state index contributed by atoms with van der Waals surface area (Å²) in [6.07, 6.45) is 0.652. The number of anilines is 2. The van der Waals surface area contributed by atoms with Crippen LogP contribution in [0.1, 0.15) is 18.4 Å². The number of amides is 2. The summed E-state index contributed by atoms with van der Waals surface area (Å²) in [7, 11) is 0. The van der Waals surface area contributed by atoms with E-state index in [-0.39, 0.29) is 41.4 Å². The van der Waals surface area contributed by atoms with Crippen molar-refractivity contribution in [2.24, 2.45) is 5.92 Å². The lowest BCUT2D eigenvalue weighted by Crippen LogP contribution is -2.41. The highest BCUT2D eigenvalue weighted by Gasteiger charge is 2.33. The Labute approximate surface area is 182 Å². The van der Waals surface area contributed by atoms with Crippen molar-refractivity contribution in [2.75, 3.05) is 29.5 Å². The van der Waals surface area contributed by atoms with Gasteiger partial charge in [-0.3, -0.25) is 9.69 Å². The summed E-state index contributed by atoms with van der Waals surface area (Å²) >= 11 is 13.0. The average Bonchev–Trinajstić information content (AvgIpc) is 3.12. The predicted octanol–water partition coefficient (Wildman–Crippen LogP) is 5.21. The van der Waals surface area contributed by atoms with Crippen LogP contribution < -0.4 is 9.80 Å². The number of cyclic esters (lactones) is 1. The molecule has 1 atom stereocenters. The Morgan fingerprint density at radius 1 is 1.10 bits per heavy atom. The van der Waals surface area contributed by atoms with E-state index in [1.165, 1.54) is 21.9 Å². The zero-order valence-electron chi connectivity index (χ0n) is 15.8. The Morgan fingerprint density at radius 2 is 1.90 bits per heavy atom. The Kier molecular flexibility index (Phi) is 5.84. The van der Waals surface area contributed by atoms with Gasteiger partial charge in [-0.05, 0) is 42.5 Å². The zero-order valence-corrected chi connectivity index (χ0v) is 17.3. The molecule has 2 fully saturated rings. The first kappa shape index (κ1) is 20.9. The van der Waals surface area contributed by atoms with Crippen molar-refractivity contribution in [2.45, 2.75) is 19.3 Å². The third-order valence-corrected chi connectivity index (χ3v) is 6.08. The van der Waals surface area contributed by atoms with Crippen LogP contribution in [0.15, 0.2) is 30.3 Å². The van der Waals surface area contributed by atoms with E-state index in [0.717, 1.165) is 6.07 Å². The van der Waals surface area contributed by atoms with Crippen molar-refractivity contribution in [3.63, 3.8) is 0 Å². The molecule has 0 N–H and O–H groups in total. The lowest BCUT2D eigenvalue weighted by Gasteiger charge is -2.34. The summed E-state index contributed by atoms with van der Waals surface area (Å²) in [5.74, 6) is -1.46. The quantitative estimate of drug-likeness (QED) is 0.636. The molecule has 4 rings (SSSR count). The van der Waals surface area contributed by atoms with Crippen LogP contribution in [-0.4, -0.2) is 31.7 Å². The highest BCUT2D eigenvalue weighted by atomic mass is 35.5. The Morgan fingerprint density at radius 3 is 2.60 bits per heavy atom. The molecule has 2 aromatic rings. The van der Waals surface area contributed by atoms with E-state index < -0.39 is 17.7 Å². The van der Waals surface area contributed by atoms with Gasteiger partial charge in [-0.15, -0.1) is 0 Å². The van der Waals surface area contributed by atoms with E-state index in [2.05, 4.69) is 0 Å². The molecule has 30 heavy (non-hydrogen) atoms. The number of hydrogen-bond donors (Lipinski definition) is 0. The number of carbonyl (C=O) groups is 2. The van der Waals surface area contributed by atoms with Gasteiger partial charge in [-0.25, -0.2) is 13.6 Å². The number of hydrogen-bond acceptors (Lipinski definition) is 3. The van der Waals surface area contributed by atoms with Crippen LogP contribution in [0.2, 0.25) is 10.0 Å². The lowest BCUT2D eigenvalue weighted by atomic mass is 9.90. The van der Waals surface area contributed by atoms with Gasteiger partial charge >= 0.3 is 6.09 Å². The van der Waals surface area contributed by atoms with Crippen molar-refractivity contribution in [3.8, 4) is 0 Å². The fourth-order valence-corrected chi connectivity index (χ4v) is 4.57. The van der Waals surface area contributed by atoms with Crippen LogP contribution in [0.4, 0.5) is 25.0 Å². The molecule has 2 aromatic carbocycles. The van der Waals surface area contributed by atoms with Gasteiger partial charge in [0.25, 0.3) is 0 Å². The van der Waals surface area contributed by atoms with Crippen LogP contribution in [-0.2, 0) is 16.0 Å². The molecule has 2 amide bonds. The number of rotatable bonds is 4. The molecule has 2 saturated heterocycles. The van der Waals surface area contributed by atoms with Crippen molar-refractivity contribution in [1.82, 2.24) is 0 Å². The number of benzene rings is 2. The predicted molar refractivity (Wildman–Crippen MR) is 110 cm³/mol. The van der Waals surface area contributed by atoms with Crippen molar-refractivity contribution < 1.29 is 23.1 Å². The van der Waals surface area contributed by atoms with E-state index >= 15 is 0 Å². The maximum absolute atomic E-state index is 14.1. The first-order chi connectivity index (χ1) is 14.3. The molecule has 2 aliphatic rings. The van der Waals surface area contributed by atoms with Gasteiger partial charge in [-0.2, -0.15) is 0 Å². The molecule has 2 heterocycles. The smallest absolute Gasteiger partial charge is 0.414 e. The molecule has 2 aliphatic heterocycles. The molecule has 0 spiro atoms. The molecular weight excluding hydrogens is 437 g/mol. The van der Waals surface area contributed by atoms with E-state index in [9.17, 15) is 18.4 Å². The minimum Gasteiger partial charge on any atom is -0.447 e. The van der Waals surface area contributed by atoms with Crippen LogP contribution in [0.25, 0.3) is 0 Å². The maximum Gasteiger partial charge on any atom is 0.414 e. The van der Waals surface area contributed by atoms with Gasteiger partial charge in [0.2, 0.25) is 5.91 Å². The van der Waals surface area contributed by atoms with E-state index in [4.69, 9.17) is 27.9 Å². The molecule has 9 heteroatoms. The molecule has 5 nitrogen and oxygen atoms in total. The summed E-state index contributed by atoms with van der Waals surface area (Å²) in [6.45, 7) is 0.879. The second-order valence-electron chi connectivity index (χ2n) is 7.34. The summed E-state index contributed by atoms with van der Waals surface area (Å²) < 4.78 is 32.2. The van der Waals surface area contributed by atoms with Crippen LogP contribution in [0.5, 0.6) is 0 Å². The highest BCUT2D eigenvalue weighted by Crippen LogP contribution is 2.43. The SMILES string of the molecule is O=C1OCCN1c1ccc(Cl)c(N2CC(Cc3ccc(F)cc3F)CCC2=O)c1Cl.